The molecular weight excluding hydrogens is 368 g/mol. The summed E-state index contributed by atoms with van der Waals surface area (Å²) in [5, 5.41) is 10.1. The van der Waals surface area contributed by atoms with Crippen molar-refractivity contribution in [2.45, 2.75) is 13.0 Å². The average Bonchev–Trinajstić information content (AvgIpc) is 3.21. The van der Waals surface area contributed by atoms with Crippen molar-refractivity contribution in [1.82, 2.24) is 30.4 Å². The lowest BCUT2D eigenvalue weighted by Crippen LogP contribution is -2.30. The molecule has 1 aromatic carbocycles. The number of benzene rings is 1. The van der Waals surface area contributed by atoms with Crippen LogP contribution in [-0.4, -0.2) is 38.1 Å². The predicted molar refractivity (Wildman–Crippen MR) is 99.4 cm³/mol. The van der Waals surface area contributed by atoms with Gasteiger partial charge in [-0.2, -0.15) is 5.10 Å². The van der Waals surface area contributed by atoms with Crippen LogP contribution >= 0.6 is 11.6 Å². The first-order valence-corrected chi connectivity index (χ1v) is 8.60. The number of nitrogens with one attached hydrogen (secondary N) is 2. The van der Waals surface area contributed by atoms with Gasteiger partial charge in [-0.05, 0) is 30.3 Å². The van der Waals surface area contributed by atoms with Gasteiger partial charge in [0, 0.05) is 41.9 Å². The summed E-state index contributed by atoms with van der Waals surface area (Å²) in [6.07, 6.45) is 4.77. The van der Waals surface area contributed by atoms with E-state index in [2.05, 4.69) is 25.7 Å². The van der Waals surface area contributed by atoms with Gasteiger partial charge in [-0.25, -0.2) is 14.6 Å². The highest BCUT2D eigenvalue weighted by molar-refractivity contribution is 6.30. The number of hydrogen-bond acceptors (Lipinski definition) is 5. The molecule has 0 fully saturated rings. The molecule has 0 spiro atoms. The molecule has 3 rings (SSSR count). The molecule has 0 saturated carbocycles. The number of hydrogen-bond donors (Lipinski definition) is 2. The highest BCUT2D eigenvalue weighted by Crippen LogP contribution is 2.10. The second kappa shape index (κ2) is 8.91. The fourth-order valence-electron chi connectivity index (χ4n) is 2.37. The molecule has 0 radical (unpaired) electrons. The van der Waals surface area contributed by atoms with E-state index in [1.165, 1.54) is 11.0 Å². The number of aromatic nitrogens is 4. The molecule has 2 aromatic heterocycles. The van der Waals surface area contributed by atoms with E-state index in [-0.39, 0.29) is 24.8 Å². The average molecular weight is 385 g/mol. The second-order valence-corrected chi connectivity index (χ2v) is 6.05. The van der Waals surface area contributed by atoms with E-state index in [4.69, 9.17) is 11.6 Å². The van der Waals surface area contributed by atoms with Crippen LogP contribution in [0.2, 0.25) is 5.02 Å². The number of carbonyl (C=O) groups is 2. The van der Waals surface area contributed by atoms with Crippen LogP contribution in [0, 0.1) is 0 Å². The van der Waals surface area contributed by atoms with Crippen molar-refractivity contribution in [3.63, 3.8) is 0 Å². The molecule has 3 aromatic rings. The number of nitrogens with zero attached hydrogens (tertiary/aromatic N) is 4. The molecule has 27 heavy (non-hydrogen) atoms. The van der Waals surface area contributed by atoms with Crippen LogP contribution in [0.15, 0.2) is 55.2 Å². The van der Waals surface area contributed by atoms with Crippen molar-refractivity contribution in [1.29, 1.82) is 0 Å². The first kappa shape index (κ1) is 18.5. The second-order valence-electron chi connectivity index (χ2n) is 5.62. The largest absolute Gasteiger partial charge is 0.352 e. The van der Waals surface area contributed by atoms with Gasteiger partial charge in [-0.1, -0.05) is 17.7 Å². The van der Waals surface area contributed by atoms with E-state index in [1.807, 2.05) is 6.07 Å². The van der Waals surface area contributed by atoms with Crippen molar-refractivity contribution in [3.05, 3.63) is 71.4 Å². The maximum Gasteiger partial charge on any atom is 0.251 e. The van der Waals surface area contributed by atoms with Gasteiger partial charge in [-0.15, -0.1) is 0 Å². The van der Waals surface area contributed by atoms with Crippen molar-refractivity contribution in [2.24, 2.45) is 0 Å². The first-order chi connectivity index (χ1) is 13.1. The Morgan fingerprint density at radius 2 is 1.93 bits per heavy atom. The van der Waals surface area contributed by atoms with E-state index < -0.39 is 0 Å². The fraction of sp³-hybridized carbons (Fsp3) is 0.167. The van der Waals surface area contributed by atoms with Crippen LogP contribution in [0.4, 0.5) is 0 Å². The van der Waals surface area contributed by atoms with Crippen LogP contribution in [0.5, 0.6) is 0 Å². The zero-order valence-corrected chi connectivity index (χ0v) is 15.1. The minimum absolute atomic E-state index is 0.165. The molecule has 2 amide bonds. The van der Waals surface area contributed by atoms with Gasteiger partial charge in [0.05, 0.1) is 0 Å². The lowest BCUT2D eigenvalue weighted by molar-refractivity contribution is -0.121. The maximum absolute atomic E-state index is 12.0. The molecule has 2 heterocycles. The lowest BCUT2D eigenvalue weighted by atomic mass is 10.2. The van der Waals surface area contributed by atoms with Crippen LogP contribution in [0.25, 0.3) is 5.82 Å². The fourth-order valence-corrected chi connectivity index (χ4v) is 2.49. The monoisotopic (exact) mass is 384 g/mol. The van der Waals surface area contributed by atoms with Crippen molar-refractivity contribution >= 4 is 23.4 Å². The van der Waals surface area contributed by atoms with Gasteiger partial charge in [-0.3, -0.25) is 9.59 Å². The molecule has 0 aliphatic carbocycles. The Labute approximate surface area is 160 Å². The normalized spacial score (nSPS) is 10.4. The third kappa shape index (κ3) is 5.11. The minimum atomic E-state index is -0.250. The molecule has 0 aliphatic heterocycles. The minimum Gasteiger partial charge on any atom is -0.352 e. The van der Waals surface area contributed by atoms with Crippen LogP contribution in [-0.2, 0) is 11.3 Å². The highest BCUT2D eigenvalue weighted by Gasteiger charge is 2.09. The zero-order chi connectivity index (χ0) is 19.1. The molecule has 0 atom stereocenters. The topological polar surface area (TPSA) is 102 Å². The number of amides is 2. The van der Waals surface area contributed by atoms with E-state index in [0.29, 0.717) is 22.9 Å². The Kier molecular flexibility index (Phi) is 6.11. The van der Waals surface area contributed by atoms with Gasteiger partial charge in [0.1, 0.15) is 12.7 Å². The lowest BCUT2D eigenvalue weighted by Gasteiger charge is -2.10. The third-order valence-electron chi connectivity index (χ3n) is 3.72. The molecule has 9 heteroatoms. The molecule has 0 saturated heterocycles. The number of halogens is 1. The quantitative estimate of drug-likeness (QED) is 0.646. The van der Waals surface area contributed by atoms with Crippen molar-refractivity contribution in [2.75, 3.05) is 6.54 Å². The highest BCUT2D eigenvalue weighted by atomic mass is 35.5. The summed E-state index contributed by atoms with van der Waals surface area (Å²) in [5.41, 5.74) is 1.30. The SMILES string of the molecule is O=C(CCNC(=O)c1ccc(Cl)cc1)NCc1cccnc1-n1cncn1. The first-order valence-electron chi connectivity index (χ1n) is 8.23. The molecule has 8 nitrogen and oxygen atoms in total. The van der Waals surface area contributed by atoms with Crippen molar-refractivity contribution < 1.29 is 9.59 Å². The van der Waals surface area contributed by atoms with Crippen LogP contribution in [0.1, 0.15) is 22.3 Å². The Morgan fingerprint density at radius 3 is 2.67 bits per heavy atom. The Balaban J connectivity index is 1.47. The molecule has 0 bridgehead atoms. The van der Waals surface area contributed by atoms with Gasteiger partial charge in [0.15, 0.2) is 5.82 Å². The van der Waals surface area contributed by atoms with E-state index >= 15 is 0 Å². The molecule has 138 valence electrons. The van der Waals surface area contributed by atoms with Gasteiger partial charge >= 0.3 is 0 Å². The predicted octanol–water partition coefficient (Wildman–Crippen LogP) is 1.75. The maximum atomic E-state index is 12.0. The Bertz CT molecular complexity index is 912. The molecular formula is C18H17ClN6O2. The van der Waals surface area contributed by atoms with Crippen LogP contribution < -0.4 is 10.6 Å². The summed E-state index contributed by atoms with van der Waals surface area (Å²) in [7, 11) is 0. The van der Waals surface area contributed by atoms with E-state index in [9.17, 15) is 9.59 Å². The Morgan fingerprint density at radius 1 is 1.11 bits per heavy atom. The summed E-state index contributed by atoms with van der Waals surface area (Å²) in [6.45, 7) is 0.531. The van der Waals surface area contributed by atoms with Gasteiger partial charge < -0.3 is 10.6 Å². The third-order valence-corrected chi connectivity index (χ3v) is 3.98. The Hall–Kier alpha value is -3.26. The smallest absolute Gasteiger partial charge is 0.251 e. The van der Waals surface area contributed by atoms with E-state index in [1.54, 1.807) is 42.9 Å². The van der Waals surface area contributed by atoms with Gasteiger partial charge in [0.2, 0.25) is 5.91 Å². The molecule has 2 N–H and O–H groups in total. The summed E-state index contributed by atoms with van der Waals surface area (Å²) in [4.78, 5) is 32.2. The summed E-state index contributed by atoms with van der Waals surface area (Å²) in [6, 6.07) is 10.2. The van der Waals surface area contributed by atoms with Gasteiger partial charge in [0.25, 0.3) is 5.91 Å². The number of rotatable bonds is 7. The van der Waals surface area contributed by atoms with E-state index in [0.717, 1.165) is 5.56 Å². The van der Waals surface area contributed by atoms with Crippen molar-refractivity contribution in [3.8, 4) is 5.82 Å². The van der Waals surface area contributed by atoms with Crippen LogP contribution in [0.3, 0.4) is 0 Å². The molecule has 0 unspecified atom stereocenters. The summed E-state index contributed by atoms with van der Waals surface area (Å²) < 4.78 is 1.54. The number of carbonyl (C=O) groups excluding carboxylic acids is 2. The summed E-state index contributed by atoms with van der Waals surface area (Å²) >= 11 is 5.79. The zero-order valence-electron chi connectivity index (χ0n) is 14.3. The standard InChI is InChI=1S/C18H17ClN6O2/c19-15-5-3-13(4-6-15)18(27)22-9-7-16(26)23-10-14-2-1-8-21-17(14)25-12-20-11-24-25/h1-6,8,11-12H,7,9-10H2,(H,22,27)(H,23,26). The molecule has 0 aliphatic rings. The summed E-state index contributed by atoms with van der Waals surface area (Å²) in [5.74, 6) is 0.173. The number of pyridine rings is 1.